The van der Waals surface area contributed by atoms with Crippen LogP contribution in [0.1, 0.15) is 0 Å². The molecule has 0 aromatic carbocycles. The molecule has 0 bridgehead atoms. The summed E-state index contributed by atoms with van der Waals surface area (Å²) in [5, 5.41) is 0. The smallest absolute Gasteiger partial charge is 0.310 e. The summed E-state index contributed by atoms with van der Waals surface area (Å²) in [4.78, 5) is 0. The molecule has 1 atom stereocenters. The van der Waals surface area contributed by atoms with Crippen LogP contribution in [0.3, 0.4) is 0 Å². The van der Waals surface area contributed by atoms with E-state index in [-0.39, 0.29) is 0 Å². The number of rotatable bonds is 10. The maximum absolute atomic E-state index is 13.1. The minimum atomic E-state index is -8.08. The monoisotopic (exact) mass is 498 g/mol. The number of alkyl halides is 18. The zero-order valence-electron chi connectivity index (χ0n) is 13.0. The lowest BCUT2D eigenvalue weighted by Crippen LogP contribution is -2.69. The lowest BCUT2D eigenvalue weighted by atomic mass is 9.94. The van der Waals surface area contributed by atoms with Gasteiger partial charge in [0.25, 0.3) is 6.36 Å². The molecule has 0 amide bonds. The fourth-order valence-corrected chi connectivity index (χ4v) is 1.30. The summed E-state index contributed by atoms with van der Waals surface area (Å²) in [7, 11) is 0. The zero-order chi connectivity index (χ0) is 24.8. The van der Waals surface area contributed by atoms with Crippen molar-refractivity contribution >= 4 is 0 Å². The van der Waals surface area contributed by atoms with Crippen molar-refractivity contribution in [2.45, 2.75) is 54.9 Å². The number of halogens is 18. The van der Waals surface area contributed by atoms with Gasteiger partial charge in [-0.1, -0.05) is 0 Å². The topological polar surface area (TPSA) is 18.5 Å². The van der Waals surface area contributed by atoms with Crippen molar-refractivity contribution in [1.29, 1.82) is 0 Å². The molecule has 0 saturated heterocycles. The van der Waals surface area contributed by atoms with Crippen LogP contribution in [0.25, 0.3) is 0 Å². The van der Waals surface area contributed by atoms with Gasteiger partial charge in [0.2, 0.25) is 0 Å². The number of hydrogen-bond acceptors (Lipinski definition) is 2. The predicted molar refractivity (Wildman–Crippen MR) is 53.7 cm³/mol. The van der Waals surface area contributed by atoms with E-state index >= 15 is 0 Å². The molecule has 0 aliphatic carbocycles. The maximum atomic E-state index is 13.1. The minimum absolute atomic E-state index is 1.92. The Bertz CT molecular complexity index is 580. The Morgan fingerprint density at radius 3 is 1.30 bits per heavy atom. The van der Waals surface area contributed by atoms with Crippen molar-refractivity contribution in [3.63, 3.8) is 0 Å². The largest absolute Gasteiger partial charge is 0.525 e. The van der Waals surface area contributed by atoms with E-state index in [4.69, 9.17) is 0 Å². The van der Waals surface area contributed by atoms with Crippen LogP contribution in [-0.4, -0.2) is 61.5 Å². The summed E-state index contributed by atoms with van der Waals surface area (Å²) in [6.07, 6.45) is -23.4. The van der Waals surface area contributed by atoms with Crippen LogP contribution in [0, 0.1) is 0 Å². The fraction of sp³-hybridized carbons (Fsp3) is 1.00. The molecular weight excluding hydrogens is 494 g/mol. The van der Waals surface area contributed by atoms with Gasteiger partial charge in [0.1, 0.15) is 6.61 Å². The highest BCUT2D eigenvalue weighted by molar-refractivity contribution is 5.09. The Morgan fingerprint density at radius 2 is 0.967 bits per heavy atom. The standard InChI is InChI=1S/C10H4F18O2/c11-2(12)5(16,17)8(22,23)9(24,25)7(20,21)4(14,15)1-29-6(18,19)3(13)30-10(26,27)28/h2-3H,1H2. The van der Waals surface area contributed by atoms with Crippen molar-refractivity contribution in [3.8, 4) is 0 Å². The molecule has 1 unspecified atom stereocenters. The van der Waals surface area contributed by atoms with Crippen LogP contribution >= 0.6 is 0 Å². The van der Waals surface area contributed by atoms with Crippen LogP contribution in [0.2, 0.25) is 0 Å². The van der Waals surface area contributed by atoms with Gasteiger partial charge < -0.3 is 4.74 Å². The quantitative estimate of drug-likeness (QED) is 0.351. The second-order valence-electron chi connectivity index (χ2n) is 5.08. The molecule has 0 fully saturated rings. The second-order valence-corrected chi connectivity index (χ2v) is 5.08. The molecule has 20 heteroatoms. The van der Waals surface area contributed by atoms with E-state index < -0.39 is 61.5 Å². The van der Waals surface area contributed by atoms with Crippen LogP contribution in [0.5, 0.6) is 0 Å². The molecule has 0 heterocycles. The van der Waals surface area contributed by atoms with Crippen LogP contribution in [-0.2, 0) is 9.47 Å². The van der Waals surface area contributed by atoms with E-state index in [1.54, 1.807) is 0 Å². The molecule has 0 aromatic heterocycles. The number of hydrogen-bond donors (Lipinski definition) is 0. The third kappa shape index (κ3) is 5.10. The normalized spacial score (nSPS) is 16.9. The summed E-state index contributed by atoms with van der Waals surface area (Å²) >= 11 is 0. The SMILES string of the molecule is FC(OC(F)(F)F)C(F)(F)OCC(F)(F)C(F)(F)C(F)(F)C(F)(F)C(F)(F)C(F)F. The maximum Gasteiger partial charge on any atom is 0.525 e. The van der Waals surface area contributed by atoms with Gasteiger partial charge in [0.15, 0.2) is 0 Å². The van der Waals surface area contributed by atoms with E-state index in [9.17, 15) is 79.0 Å². The van der Waals surface area contributed by atoms with Crippen LogP contribution in [0.15, 0.2) is 0 Å². The highest BCUT2D eigenvalue weighted by Gasteiger charge is 2.87. The summed E-state index contributed by atoms with van der Waals surface area (Å²) in [6, 6.07) is 0. The van der Waals surface area contributed by atoms with Crippen molar-refractivity contribution in [1.82, 2.24) is 0 Å². The molecule has 2 nitrogen and oxygen atoms in total. The molecule has 0 aliphatic heterocycles. The Balaban J connectivity index is 5.82. The third-order valence-electron chi connectivity index (χ3n) is 2.89. The van der Waals surface area contributed by atoms with Gasteiger partial charge in [-0.15, -0.1) is 13.2 Å². The summed E-state index contributed by atoms with van der Waals surface area (Å²) in [5.41, 5.74) is 0. The van der Waals surface area contributed by atoms with Gasteiger partial charge in [-0.3, -0.25) is 0 Å². The van der Waals surface area contributed by atoms with Crippen molar-refractivity contribution < 1.29 is 88.5 Å². The molecule has 0 aliphatic rings. The van der Waals surface area contributed by atoms with E-state index in [2.05, 4.69) is 4.74 Å². The first-order valence-corrected chi connectivity index (χ1v) is 6.35. The summed E-state index contributed by atoms with van der Waals surface area (Å²) in [6.45, 7) is -3.99. The predicted octanol–water partition coefficient (Wildman–Crippen LogP) is 5.87. The van der Waals surface area contributed by atoms with Crippen LogP contribution in [0.4, 0.5) is 79.0 Å². The zero-order valence-corrected chi connectivity index (χ0v) is 13.0. The molecule has 182 valence electrons. The van der Waals surface area contributed by atoms with Gasteiger partial charge in [0, 0.05) is 0 Å². The average Bonchev–Trinajstić information content (AvgIpc) is 2.50. The lowest BCUT2D eigenvalue weighted by molar-refractivity contribution is -0.441. The van der Waals surface area contributed by atoms with Gasteiger partial charge in [-0.2, -0.15) is 52.7 Å². The first kappa shape index (κ1) is 28.7. The third-order valence-corrected chi connectivity index (χ3v) is 2.89. The summed E-state index contributed by atoms with van der Waals surface area (Å²) in [5.74, 6) is -38.3. The lowest BCUT2D eigenvalue weighted by Gasteiger charge is -2.39. The van der Waals surface area contributed by atoms with E-state index in [0.29, 0.717) is 0 Å². The molecular formula is C10H4F18O2. The Kier molecular flexibility index (Phi) is 7.62. The molecule has 0 saturated carbocycles. The molecule has 0 radical (unpaired) electrons. The van der Waals surface area contributed by atoms with Gasteiger partial charge in [0.05, 0.1) is 0 Å². The highest BCUT2D eigenvalue weighted by Crippen LogP contribution is 2.58. The van der Waals surface area contributed by atoms with E-state index in [1.807, 2.05) is 4.74 Å². The van der Waals surface area contributed by atoms with Crippen LogP contribution < -0.4 is 0 Å². The Morgan fingerprint density at radius 1 is 0.567 bits per heavy atom. The average molecular weight is 498 g/mol. The van der Waals surface area contributed by atoms with Crippen molar-refractivity contribution in [3.05, 3.63) is 0 Å². The second kappa shape index (κ2) is 7.97. The van der Waals surface area contributed by atoms with Crippen molar-refractivity contribution in [2.75, 3.05) is 6.61 Å². The summed E-state index contributed by atoms with van der Waals surface area (Å²) < 4.78 is 230. The molecule has 0 N–H and O–H groups in total. The minimum Gasteiger partial charge on any atom is -0.310 e. The van der Waals surface area contributed by atoms with Gasteiger partial charge >= 0.3 is 48.5 Å². The number of ether oxygens (including phenoxy) is 2. The van der Waals surface area contributed by atoms with Gasteiger partial charge in [-0.05, 0) is 0 Å². The Hall–Kier alpha value is -1.34. The highest BCUT2D eigenvalue weighted by atomic mass is 19.4. The first-order chi connectivity index (χ1) is 12.8. The van der Waals surface area contributed by atoms with E-state index in [1.165, 1.54) is 0 Å². The Labute approximate surface area is 151 Å². The molecule has 0 aromatic rings. The van der Waals surface area contributed by atoms with Crippen molar-refractivity contribution in [2.24, 2.45) is 0 Å². The fourth-order valence-electron chi connectivity index (χ4n) is 1.30. The molecule has 30 heavy (non-hydrogen) atoms. The van der Waals surface area contributed by atoms with E-state index in [0.717, 1.165) is 0 Å². The first-order valence-electron chi connectivity index (χ1n) is 6.35. The molecule has 0 rings (SSSR count). The molecule has 0 spiro atoms. The van der Waals surface area contributed by atoms with Gasteiger partial charge in [-0.25, -0.2) is 17.9 Å².